The van der Waals surface area contributed by atoms with Crippen LogP contribution in [0.5, 0.6) is 5.88 Å². The summed E-state index contributed by atoms with van der Waals surface area (Å²) in [6.07, 6.45) is 1.35. The first-order chi connectivity index (χ1) is 17.0. The molecule has 1 aliphatic heterocycles. The molecule has 1 N–H and O–H groups in total. The van der Waals surface area contributed by atoms with Crippen molar-refractivity contribution in [1.82, 2.24) is 34.5 Å². The lowest BCUT2D eigenvalue weighted by Gasteiger charge is -2.34. The van der Waals surface area contributed by atoms with Gasteiger partial charge in [-0.05, 0) is 30.2 Å². The molecule has 5 rings (SSSR count). The van der Waals surface area contributed by atoms with E-state index in [-0.39, 0.29) is 24.9 Å². The van der Waals surface area contributed by atoms with E-state index >= 15 is 0 Å². The number of benzene rings is 1. The zero-order chi connectivity index (χ0) is 24.5. The maximum absolute atomic E-state index is 14.8. The van der Waals surface area contributed by atoms with E-state index in [0.29, 0.717) is 36.3 Å². The molecule has 10 nitrogen and oxygen atoms in total. The number of methoxy groups -OCH3 is 1. The number of anilines is 1. The van der Waals surface area contributed by atoms with Crippen molar-refractivity contribution in [3.63, 3.8) is 0 Å². The molecule has 1 aliphatic rings. The first kappa shape index (κ1) is 22.9. The van der Waals surface area contributed by atoms with Crippen LogP contribution < -0.4 is 10.1 Å². The van der Waals surface area contributed by atoms with Gasteiger partial charge in [-0.25, -0.2) is 18.0 Å². The number of piperidine rings is 1. The number of aromatic nitrogens is 6. The highest BCUT2D eigenvalue weighted by Gasteiger charge is 2.31. The second kappa shape index (κ2) is 9.43. The van der Waals surface area contributed by atoms with Gasteiger partial charge in [0.2, 0.25) is 17.7 Å². The lowest BCUT2D eigenvalue weighted by atomic mass is 10.0. The van der Waals surface area contributed by atoms with Crippen molar-refractivity contribution in [3.05, 3.63) is 30.5 Å². The van der Waals surface area contributed by atoms with Crippen LogP contribution in [-0.2, 0) is 11.3 Å². The molecule has 1 saturated heterocycles. The summed E-state index contributed by atoms with van der Waals surface area (Å²) in [7, 11) is 1.51. The van der Waals surface area contributed by atoms with Gasteiger partial charge in [0.1, 0.15) is 23.9 Å². The third kappa shape index (κ3) is 4.24. The first-order valence-electron chi connectivity index (χ1n) is 11.5. The number of likely N-dealkylation sites (tertiary alicyclic amines) is 1. The molecule has 0 unspecified atom stereocenters. The van der Waals surface area contributed by atoms with Crippen LogP contribution in [0.1, 0.15) is 19.8 Å². The third-order valence-electron chi connectivity index (χ3n) is 6.30. The van der Waals surface area contributed by atoms with Gasteiger partial charge in [0, 0.05) is 24.7 Å². The molecule has 3 aromatic heterocycles. The minimum absolute atomic E-state index is 0.0491. The number of carbonyl (C=O) groups is 1. The number of rotatable bonds is 7. The zero-order valence-electron chi connectivity index (χ0n) is 19.5. The van der Waals surface area contributed by atoms with Crippen LogP contribution >= 0.6 is 0 Å². The van der Waals surface area contributed by atoms with E-state index in [9.17, 15) is 13.6 Å². The summed E-state index contributed by atoms with van der Waals surface area (Å²) >= 11 is 0. The Hall–Kier alpha value is -3.83. The molecule has 0 spiro atoms. The fourth-order valence-corrected chi connectivity index (χ4v) is 4.49. The number of hydrogen-bond acceptors (Lipinski definition) is 7. The van der Waals surface area contributed by atoms with Crippen LogP contribution in [0.3, 0.4) is 0 Å². The predicted octanol–water partition coefficient (Wildman–Crippen LogP) is 2.88. The molecular formula is C23H26F2N8O2. The number of aryl methyl sites for hydroxylation is 1. The molecule has 0 saturated carbocycles. The standard InChI is InChI=1S/C23H26F2N8O2/c1-3-20(34)31-9-7-17(16(25)13-31)26-23-27-22(35-2)21-15(6-10-33(21)29-23)14-4-5-18-19(12-14)32(11-8-24)30-28-18/h4-6,10,12,16-17H,3,7-9,11,13H2,1-2H3,(H,26,29)/t16-,17+/m1/s1. The highest BCUT2D eigenvalue weighted by molar-refractivity contribution is 5.89. The lowest BCUT2D eigenvalue weighted by Crippen LogP contribution is -2.50. The third-order valence-corrected chi connectivity index (χ3v) is 6.30. The molecule has 0 aliphatic carbocycles. The molecule has 12 heteroatoms. The summed E-state index contributed by atoms with van der Waals surface area (Å²) in [6, 6.07) is 6.99. The fourth-order valence-electron chi connectivity index (χ4n) is 4.49. The Kier molecular flexibility index (Phi) is 6.18. The van der Waals surface area contributed by atoms with Crippen molar-refractivity contribution >= 4 is 28.4 Å². The van der Waals surface area contributed by atoms with Crippen LogP contribution in [0.15, 0.2) is 30.5 Å². The summed E-state index contributed by atoms with van der Waals surface area (Å²) in [5, 5.41) is 15.7. The van der Waals surface area contributed by atoms with Gasteiger partial charge < -0.3 is 15.0 Å². The number of hydrogen-bond donors (Lipinski definition) is 1. The Labute approximate surface area is 199 Å². The van der Waals surface area contributed by atoms with Crippen LogP contribution in [0.4, 0.5) is 14.7 Å². The van der Waals surface area contributed by atoms with Gasteiger partial charge in [-0.2, -0.15) is 4.98 Å². The molecule has 2 atom stereocenters. The summed E-state index contributed by atoms with van der Waals surface area (Å²) < 4.78 is 36.4. The van der Waals surface area contributed by atoms with Crippen molar-refractivity contribution < 1.29 is 18.3 Å². The van der Waals surface area contributed by atoms with Gasteiger partial charge in [0.15, 0.2) is 0 Å². The Morgan fingerprint density at radius 2 is 2.17 bits per heavy atom. The molecule has 4 aromatic rings. The minimum Gasteiger partial charge on any atom is -0.479 e. The van der Waals surface area contributed by atoms with Crippen molar-refractivity contribution in [1.29, 1.82) is 0 Å². The first-order valence-corrected chi connectivity index (χ1v) is 11.5. The number of ether oxygens (including phenoxy) is 1. The molecule has 35 heavy (non-hydrogen) atoms. The maximum atomic E-state index is 14.8. The maximum Gasteiger partial charge on any atom is 0.244 e. The number of nitrogens with one attached hydrogen (secondary N) is 1. The molecule has 1 fully saturated rings. The van der Waals surface area contributed by atoms with E-state index < -0.39 is 18.9 Å². The van der Waals surface area contributed by atoms with Crippen LogP contribution in [-0.4, -0.2) is 79.5 Å². The number of nitrogens with zero attached hydrogens (tertiary/aromatic N) is 7. The highest BCUT2D eigenvalue weighted by atomic mass is 19.1. The summed E-state index contributed by atoms with van der Waals surface area (Å²) in [5.74, 6) is 0.513. The molecule has 0 radical (unpaired) electrons. The molecule has 0 bridgehead atoms. The largest absolute Gasteiger partial charge is 0.479 e. The molecular weight excluding hydrogens is 458 g/mol. The summed E-state index contributed by atoms with van der Waals surface area (Å²) in [4.78, 5) is 17.9. The topological polar surface area (TPSA) is 102 Å². The van der Waals surface area contributed by atoms with E-state index in [2.05, 4.69) is 25.7 Å². The number of fused-ring (bicyclic) bond motifs is 2. The quantitative estimate of drug-likeness (QED) is 0.430. The lowest BCUT2D eigenvalue weighted by molar-refractivity contribution is -0.133. The average molecular weight is 485 g/mol. The van der Waals surface area contributed by atoms with E-state index in [1.54, 1.807) is 22.5 Å². The van der Waals surface area contributed by atoms with Crippen molar-refractivity contribution in [2.45, 2.75) is 38.5 Å². The van der Waals surface area contributed by atoms with Crippen LogP contribution in [0, 0.1) is 0 Å². The Morgan fingerprint density at radius 3 is 2.91 bits per heavy atom. The zero-order valence-corrected chi connectivity index (χ0v) is 19.5. The second-order valence-electron chi connectivity index (χ2n) is 8.42. The fraction of sp³-hybridized carbons (Fsp3) is 0.435. The molecule has 1 amide bonds. The predicted molar refractivity (Wildman–Crippen MR) is 126 cm³/mol. The number of alkyl halides is 2. The molecule has 184 valence electrons. The molecule has 4 heterocycles. The second-order valence-corrected chi connectivity index (χ2v) is 8.42. The monoisotopic (exact) mass is 484 g/mol. The van der Waals surface area contributed by atoms with Gasteiger partial charge in [-0.3, -0.25) is 4.79 Å². The SMILES string of the molecule is CCC(=O)N1CC[C@H](Nc2nc(OC)c3c(-c4ccc5nnn(CCF)c5c4)ccn3n2)[C@H](F)C1. The van der Waals surface area contributed by atoms with Gasteiger partial charge in [0.05, 0.1) is 31.8 Å². The van der Waals surface area contributed by atoms with Crippen molar-refractivity contribution in [2.75, 3.05) is 32.2 Å². The number of carbonyl (C=O) groups excluding carboxylic acids is 1. The van der Waals surface area contributed by atoms with Crippen molar-refractivity contribution in [2.24, 2.45) is 0 Å². The van der Waals surface area contributed by atoms with Gasteiger partial charge >= 0.3 is 0 Å². The number of amides is 1. The highest BCUT2D eigenvalue weighted by Crippen LogP contribution is 2.33. The van der Waals surface area contributed by atoms with Gasteiger partial charge in [-0.1, -0.05) is 18.2 Å². The van der Waals surface area contributed by atoms with E-state index in [0.717, 1.165) is 16.6 Å². The van der Waals surface area contributed by atoms with Crippen LogP contribution in [0.2, 0.25) is 0 Å². The molecule has 1 aromatic carbocycles. The Balaban J connectivity index is 1.44. The van der Waals surface area contributed by atoms with E-state index in [4.69, 9.17) is 4.74 Å². The van der Waals surface area contributed by atoms with Crippen LogP contribution in [0.25, 0.3) is 27.7 Å². The van der Waals surface area contributed by atoms with Gasteiger partial charge in [0.25, 0.3) is 0 Å². The van der Waals surface area contributed by atoms with Crippen molar-refractivity contribution in [3.8, 4) is 17.0 Å². The van der Waals surface area contributed by atoms with E-state index in [1.165, 1.54) is 11.8 Å². The summed E-state index contributed by atoms with van der Waals surface area (Å²) in [5.41, 5.74) is 3.70. The Bertz CT molecular complexity index is 1370. The smallest absolute Gasteiger partial charge is 0.244 e. The normalized spacial score (nSPS) is 18.3. The summed E-state index contributed by atoms with van der Waals surface area (Å²) in [6.45, 7) is 1.89. The Morgan fingerprint density at radius 1 is 1.31 bits per heavy atom. The minimum atomic E-state index is -1.24. The number of halogens is 2. The van der Waals surface area contributed by atoms with Gasteiger partial charge in [-0.15, -0.1) is 10.2 Å². The average Bonchev–Trinajstić information content (AvgIpc) is 3.48. The van der Waals surface area contributed by atoms with E-state index in [1.807, 2.05) is 24.3 Å².